The van der Waals surface area contributed by atoms with Gasteiger partial charge in [0.05, 0.1) is 12.2 Å². The zero-order chi connectivity index (χ0) is 18.8. The summed E-state index contributed by atoms with van der Waals surface area (Å²) in [7, 11) is 1.79. The van der Waals surface area contributed by atoms with E-state index in [1.165, 1.54) is 6.08 Å². The van der Waals surface area contributed by atoms with Crippen LogP contribution in [0.4, 0.5) is 0 Å². The molecule has 0 N–H and O–H groups in total. The Balaban J connectivity index is 1.59. The molecule has 0 fully saturated rings. The van der Waals surface area contributed by atoms with Gasteiger partial charge < -0.3 is 4.90 Å². The van der Waals surface area contributed by atoms with Gasteiger partial charge in [-0.15, -0.1) is 10.2 Å². The molecular weight excluding hydrogens is 338 g/mol. The van der Waals surface area contributed by atoms with Gasteiger partial charge in [0.1, 0.15) is 0 Å². The van der Waals surface area contributed by atoms with E-state index in [4.69, 9.17) is 0 Å². The predicted octanol–water partition coefficient (Wildman–Crippen LogP) is 3.51. The topological polar surface area (TPSA) is 63.4 Å². The summed E-state index contributed by atoms with van der Waals surface area (Å²) in [6.45, 7) is 2.00. The minimum absolute atomic E-state index is 0.0273. The van der Waals surface area contributed by atoms with E-state index in [9.17, 15) is 4.79 Å². The molecule has 0 aliphatic carbocycles. The predicted molar refractivity (Wildman–Crippen MR) is 105 cm³/mol. The zero-order valence-corrected chi connectivity index (χ0v) is 15.1. The van der Waals surface area contributed by atoms with Crippen molar-refractivity contribution in [1.29, 1.82) is 0 Å². The maximum atomic E-state index is 12.6. The number of carbonyl (C=O) groups excluding carboxylic acids is 1. The fourth-order valence-corrected chi connectivity index (χ4v) is 3.02. The SMILES string of the molecule is C[C@@H](c1ccccc1)N(C)C(=O)/C=C/c1nnc2c3ccccc3cnn12. The van der Waals surface area contributed by atoms with Crippen LogP contribution in [0.2, 0.25) is 0 Å². The van der Waals surface area contributed by atoms with E-state index in [-0.39, 0.29) is 11.9 Å². The lowest BCUT2D eigenvalue weighted by molar-refractivity contribution is -0.126. The first kappa shape index (κ1) is 16.9. The van der Waals surface area contributed by atoms with Crippen molar-refractivity contribution in [2.75, 3.05) is 7.05 Å². The average Bonchev–Trinajstić information content (AvgIpc) is 3.15. The summed E-state index contributed by atoms with van der Waals surface area (Å²) in [5.41, 5.74) is 1.76. The molecule has 0 aliphatic heterocycles. The smallest absolute Gasteiger partial charge is 0.246 e. The number of nitrogens with zero attached hydrogens (tertiary/aromatic N) is 5. The van der Waals surface area contributed by atoms with E-state index in [0.29, 0.717) is 11.5 Å². The average molecular weight is 357 g/mol. The monoisotopic (exact) mass is 357 g/mol. The van der Waals surface area contributed by atoms with Crippen molar-refractivity contribution in [2.45, 2.75) is 13.0 Å². The van der Waals surface area contributed by atoms with Gasteiger partial charge in [0.25, 0.3) is 0 Å². The molecule has 134 valence electrons. The van der Waals surface area contributed by atoms with E-state index in [0.717, 1.165) is 16.3 Å². The summed E-state index contributed by atoms with van der Waals surface area (Å²) in [5, 5.41) is 14.8. The zero-order valence-electron chi connectivity index (χ0n) is 15.1. The van der Waals surface area contributed by atoms with Gasteiger partial charge in [-0.05, 0) is 18.6 Å². The van der Waals surface area contributed by atoms with Crippen molar-refractivity contribution in [3.8, 4) is 0 Å². The van der Waals surface area contributed by atoms with Crippen molar-refractivity contribution in [3.05, 3.63) is 78.3 Å². The lowest BCUT2D eigenvalue weighted by atomic mass is 10.1. The van der Waals surface area contributed by atoms with Crippen molar-refractivity contribution in [3.63, 3.8) is 0 Å². The van der Waals surface area contributed by atoms with Crippen molar-refractivity contribution in [2.24, 2.45) is 0 Å². The van der Waals surface area contributed by atoms with Gasteiger partial charge in [-0.25, -0.2) is 0 Å². The van der Waals surface area contributed by atoms with Gasteiger partial charge in [0.2, 0.25) is 5.91 Å². The lowest BCUT2D eigenvalue weighted by Crippen LogP contribution is -2.27. The van der Waals surface area contributed by atoms with E-state index in [1.807, 2.05) is 61.5 Å². The van der Waals surface area contributed by atoms with Crippen molar-refractivity contribution in [1.82, 2.24) is 24.7 Å². The minimum Gasteiger partial charge on any atom is -0.335 e. The van der Waals surface area contributed by atoms with E-state index < -0.39 is 0 Å². The molecule has 0 bridgehead atoms. The third-order valence-corrected chi connectivity index (χ3v) is 4.76. The van der Waals surface area contributed by atoms with Crippen LogP contribution in [0.5, 0.6) is 0 Å². The minimum atomic E-state index is -0.108. The Kier molecular flexibility index (Phi) is 4.38. The summed E-state index contributed by atoms with van der Waals surface area (Å²) in [6.07, 6.45) is 4.93. The summed E-state index contributed by atoms with van der Waals surface area (Å²) < 4.78 is 1.65. The number of fused-ring (bicyclic) bond motifs is 3. The quantitative estimate of drug-likeness (QED) is 0.524. The van der Waals surface area contributed by atoms with Crippen LogP contribution in [0, 0.1) is 0 Å². The number of likely N-dealkylation sites (N-methyl/N-ethyl adjacent to an activating group) is 1. The second-order valence-corrected chi connectivity index (χ2v) is 6.39. The first-order valence-corrected chi connectivity index (χ1v) is 8.74. The van der Waals surface area contributed by atoms with Crippen LogP contribution in [0.25, 0.3) is 22.5 Å². The maximum Gasteiger partial charge on any atom is 0.246 e. The highest BCUT2D eigenvalue weighted by atomic mass is 16.2. The molecule has 6 nitrogen and oxygen atoms in total. The van der Waals surface area contributed by atoms with E-state index >= 15 is 0 Å². The summed E-state index contributed by atoms with van der Waals surface area (Å²) in [4.78, 5) is 14.3. The second-order valence-electron chi connectivity index (χ2n) is 6.39. The second kappa shape index (κ2) is 6.99. The van der Waals surface area contributed by atoms with Crippen LogP contribution in [0.3, 0.4) is 0 Å². The molecule has 0 unspecified atom stereocenters. The number of hydrogen-bond donors (Lipinski definition) is 0. The number of rotatable bonds is 4. The van der Waals surface area contributed by atoms with Crippen LogP contribution in [-0.2, 0) is 4.79 Å². The first-order chi connectivity index (χ1) is 13.1. The Morgan fingerprint density at radius 1 is 1.07 bits per heavy atom. The summed E-state index contributed by atoms with van der Waals surface area (Å²) in [5.74, 6) is 0.411. The molecule has 2 heterocycles. The van der Waals surface area contributed by atoms with Gasteiger partial charge in [-0.2, -0.15) is 9.61 Å². The third kappa shape index (κ3) is 3.17. The van der Waals surface area contributed by atoms with Gasteiger partial charge >= 0.3 is 0 Å². The molecule has 2 aromatic carbocycles. The fraction of sp³-hybridized carbons (Fsp3) is 0.143. The highest BCUT2D eigenvalue weighted by Crippen LogP contribution is 2.19. The molecule has 4 rings (SSSR count). The molecule has 6 heteroatoms. The standard InChI is InChI=1S/C21H19N5O/c1-15(16-8-4-3-5-9-16)25(2)20(27)13-12-19-23-24-21-18-11-7-6-10-17(18)14-22-26(19)21/h3-15H,1-2H3/b13-12+/t15-/m0/s1. The molecule has 4 aromatic rings. The Bertz CT molecular complexity index is 1130. The van der Waals surface area contributed by atoms with Crippen molar-refractivity contribution >= 4 is 28.4 Å². The largest absolute Gasteiger partial charge is 0.335 e. The molecule has 1 amide bonds. The maximum absolute atomic E-state index is 12.6. The van der Waals surface area contributed by atoms with Gasteiger partial charge in [0, 0.05) is 23.9 Å². The molecule has 1 atom stereocenters. The Morgan fingerprint density at radius 3 is 2.63 bits per heavy atom. The number of amides is 1. The van der Waals surface area contributed by atoms with Gasteiger partial charge in [0.15, 0.2) is 11.5 Å². The molecule has 0 saturated heterocycles. The number of carbonyl (C=O) groups is 1. The van der Waals surface area contributed by atoms with Crippen LogP contribution in [-0.4, -0.2) is 37.7 Å². The highest BCUT2D eigenvalue weighted by Gasteiger charge is 2.15. The Morgan fingerprint density at radius 2 is 1.81 bits per heavy atom. The fourth-order valence-electron chi connectivity index (χ4n) is 3.02. The lowest BCUT2D eigenvalue weighted by Gasteiger charge is -2.24. The molecule has 27 heavy (non-hydrogen) atoms. The molecule has 0 aliphatic rings. The van der Waals surface area contributed by atoms with Crippen LogP contribution in [0.15, 0.2) is 66.9 Å². The molecular formula is C21H19N5O. The summed E-state index contributed by atoms with van der Waals surface area (Å²) in [6, 6.07) is 17.8. The van der Waals surface area contributed by atoms with E-state index in [1.54, 1.807) is 28.7 Å². The van der Waals surface area contributed by atoms with Crippen molar-refractivity contribution < 1.29 is 4.79 Å². The molecule has 0 saturated carbocycles. The normalized spacial score (nSPS) is 12.7. The molecule has 2 aromatic heterocycles. The molecule has 0 spiro atoms. The summed E-state index contributed by atoms with van der Waals surface area (Å²) >= 11 is 0. The Hall–Kier alpha value is -3.54. The first-order valence-electron chi connectivity index (χ1n) is 8.74. The van der Waals surface area contributed by atoms with E-state index in [2.05, 4.69) is 15.3 Å². The molecule has 0 radical (unpaired) electrons. The number of hydrogen-bond acceptors (Lipinski definition) is 4. The Labute approximate surface area is 156 Å². The third-order valence-electron chi connectivity index (χ3n) is 4.76. The van der Waals surface area contributed by atoms with Crippen LogP contribution >= 0.6 is 0 Å². The highest BCUT2D eigenvalue weighted by molar-refractivity contribution is 5.94. The van der Waals surface area contributed by atoms with Crippen LogP contribution in [0.1, 0.15) is 24.4 Å². The van der Waals surface area contributed by atoms with Crippen LogP contribution < -0.4 is 0 Å². The number of benzene rings is 2. The van der Waals surface area contributed by atoms with Gasteiger partial charge in [-0.3, -0.25) is 4.79 Å². The number of aromatic nitrogens is 4. The van der Waals surface area contributed by atoms with Gasteiger partial charge in [-0.1, -0.05) is 54.6 Å².